The van der Waals surface area contributed by atoms with Crippen molar-refractivity contribution in [3.63, 3.8) is 0 Å². The Hall–Kier alpha value is -2.94. The van der Waals surface area contributed by atoms with E-state index in [4.69, 9.17) is 4.74 Å². The van der Waals surface area contributed by atoms with Gasteiger partial charge in [-0.25, -0.2) is 4.39 Å². The first-order chi connectivity index (χ1) is 16.6. The van der Waals surface area contributed by atoms with Crippen LogP contribution in [0, 0.1) is 9.39 Å². The average molecular weight is 588 g/mol. The smallest absolute Gasteiger partial charge is 0.261 e. The largest absolute Gasteiger partial charge is 0.484 e. The molecule has 0 spiro atoms. The van der Waals surface area contributed by atoms with Gasteiger partial charge in [-0.1, -0.05) is 48.5 Å². The summed E-state index contributed by atoms with van der Waals surface area (Å²) in [5.74, 6) is -0.598. The summed E-state index contributed by atoms with van der Waals surface area (Å²) in [7, 11) is 0. The number of rotatable bonds is 9. The average Bonchev–Trinajstić information content (AvgIpc) is 2.81. The molecule has 0 heterocycles. The van der Waals surface area contributed by atoms with Gasteiger partial charge in [0.25, 0.3) is 5.91 Å². The summed E-state index contributed by atoms with van der Waals surface area (Å²) in [6.45, 7) is 5.31. The summed E-state index contributed by atoms with van der Waals surface area (Å²) in [6, 6.07) is 22.2. The molecule has 0 aromatic heterocycles. The number of hydrogen-bond donors (Lipinski definition) is 1. The Labute approximate surface area is 219 Å². The minimum Gasteiger partial charge on any atom is -0.484 e. The van der Waals surface area contributed by atoms with E-state index >= 15 is 0 Å². The van der Waals surface area contributed by atoms with Crippen LogP contribution < -0.4 is 10.1 Å². The maximum Gasteiger partial charge on any atom is 0.261 e. The van der Waals surface area contributed by atoms with Crippen molar-refractivity contribution in [3.05, 3.63) is 99.4 Å². The van der Waals surface area contributed by atoms with Crippen molar-refractivity contribution in [1.82, 2.24) is 10.2 Å². The number of amides is 2. The zero-order valence-corrected chi connectivity index (χ0v) is 22.3. The van der Waals surface area contributed by atoms with Crippen LogP contribution in [0.1, 0.15) is 31.9 Å². The molecule has 7 heteroatoms. The van der Waals surface area contributed by atoms with Gasteiger partial charge in [0, 0.05) is 27.6 Å². The van der Waals surface area contributed by atoms with Crippen LogP contribution >= 0.6 is 22.6 Å². The summed E-state index contributed by atoms with van der Waals surface area (Å²) in [5.41, 5.74) is 0.722. The standard InChI is InChI=1S/C28H30FIN2O3/c1-28(2,3)31-27(34)25(17-20-9-5-4-6-10-20)32(18-21-11-7-8-12-24(21)29)26(33)19-35-23-15-13-22(30)14-16-23/h4-16,25H,17-19H2,1-3H3,(H,31,34)/t25-/m1/s1. The van der Waals surface area contributed by atoms with Crippen LogP contribution in [0.25, 0.3) is 0 Å². The zero-order chi connectivity index (χ0) is 25.4. The molecule has 3 aromatic rings. The van der Waals surface area contributed by atoms with Gasteiger partial charge in [-0.2, -0.15) is 0 Å². The molecular weight excluding hydrogens is 558 g/mol. The molecule has 0 aliphatic heterocycles. The molecule has 0 unspecified atom stereocenters. The molecule has 0 saturated heterocycles. The van der Waals surface area contributed by atoms with Crippen molar-refractivity contribution in [3.8, 4) is 5.75 Å². The van der Waals surface area contributed by atoms with E-state index in [0.29, 0.717) is 11.3 Å². The molecule has 0 aliphatic rings. The molecule has 5 nitrogen and oxygen atoms in total. The van der Waals surface area contributed by atoms with Crippen LogP contribution in [0.15, 0.2) is 78.9 Å². The molecule has 2 amide bonds. The second-order valence-electron chi connectivity index (χ2n) is 9.30. The fraction of sp³-hybridized carbons (Fsp3) is 0.286. The number of nitrogens with one attached hydrogen (secondary N) is 1. The minimum absolute atomic E-state index is 0.0589. The van der Waals surface area contributed by atoms with E-state index in [0.717, 1.165) is 9.13 Å². The Morgan fingerprint density at radius 3 is 2.23 bits per heavy atom. The monoisotopic (exact) mass is 588 g/mol. The third-order valence-corrected chi connectivity index (χ3v) is 5.96. The van der Waals surface area contributed by atoms with Crippen molar-refractivity contribution in [2.45, 2.75) is 45.3 Å². The Balaban J connectivity index is 1.93. The first kappa shape index (κ1) is 26.7. The van der Waals surface area contributed by atoms with Crippen LogP contribution in [0.4, 0.5) is 4.39 Å². The minimum atomic E-state index is -0.857. The van der Waals surface area contributed by atoms with Crippen molar-refractivity contribution in [1.29, 1.82) is 0 Å². The van der Waals surface area contributed by atoms with Gasteiger partial charge in [-0.05, 0) is 79.3 Å². The van der Waals surface area contributed by atoms with E-state index in [1.807, 2.05) is 63.2 Å². The van der Waals surface area contributed by atoms with Crippen molar-refractivity contribution in [2.24, 2.45) is 0 Å². The van der Waals surface area contributed by atoms with Crippen molar-refractivity contribution in [2.75, 3.05) is 6.61 Å². The molecule has 0 radical (unpaired) electrons. The van der Waals surface area contributed by atoms with Gasteiger partial charge in [0.1, 0.15) is 17.6 Å². The Morgan fingerprint density at radius 2 is 1.60 bits per heavy atom. The fourth-order valence-electron chi connectivity index (χ4n) is 3.58. The normalized spacial score (nSPS) is 12.0. The third-order valence-electron chi connectivity index (χ3n) is 5.24. The second kappa shape index (κ2) is 12.2. The molecule has 1 N–H and O–H groups in total. The highest BCUT2D eigenvalue weighted by Crippen LogP contribution is 2.19. The molecule has 0 bridgehead atoms. The van der Waals surface area contributed by atoms with Gasteiger partial charge in [-0.3, -0.25) is 9.59 Å². The molecule has 35 heavy (non-hydrogen) atoms. The molecule has 1 atom stereocenters. The van der Waals surface area contributed by atoms with Crippen LogP contribution in [0.3, 0.4) is 0 Å². The predicted octanol–water partition coefficient (Wildman–Crippen LogP) is 5.36. The molecular formula is C28H30FIN2O3. The van der Waals surface area contributed by atoms with Crippen molar-refractivity contribution < 1.29 is 18.7 Å². The Bertz CT molecular complexity index is 1130. The van der Waals surface area contributed by atoms with E-state index in [2.05, 4.69) is 27.9 Å². The lowest BCUT2D eigenvalue weighted by molar-refractivity contribution is -0.143. The molecule has 0 aliphatic carbocycles. The summed E-state index contributed by atoms with van der Waals surface area (Å²) in [5, 5.41) is 2.99. The summed E-state index contributed by atoms with van der Waals surface area (Å²) in [6.07, 6.45) is 0.284. The summed E-state index contributed by atoms with van der Waals surface area (Å²) >= 11 is 2.19. The summed E-state index contributed by atoms with van der Waals surface area (Å²) in [4.78, 5) is 28.4. The maximum absolute atomic E-state index is 14.6. The quantitative estimate of drug-likeness (QED) is 0.343. The molecule has 0 fully saturated rings. The third kappa shape index (κ3) is 8.35. The van der Waals surface area contributed by atoms with Gasteiger partial charge in [0.2, 0.25) is 5.91 Å². The number of carbonyl (C=O) groups is 2. The SMILES string of the molecule is CC(C)(C)NC(=O)[C@@H](Cc1ccccc1)N(Cc1ccccc1F)C(=O)COc1ccc(I)cc1. The van der Waals surface area contributed by atoms with E-state index in [1.165, 1.54) is 11.0 Å². The van der Waals surface area contributed by atoms with Gasteiger partial charge in [0.05, 0.1) is 0 Å². The lowest BCUT2D eigenvalue weighted by Crippen LogP contribution is -2.55. The first-order valence-electron chi connectivity index (χ1n) is 11.4. The zero-order valence-electron chi connectivity index (χ0n) is 20.1. The topological polar surface area (TPSA) is 58.6 Å². The van der Waals surface area contributed by atoms with E-state index in [9.17, 15) is 14.0 Å². The highest BCUT2D eigenvalue weighted by Gasteiger charge is 2.32. The first-order valence-corrected chi connectivity index (χ1v) is 12.5. The number of hydrogen-bond acceptors (Lipinski definition) is 3. The number of carbonyl (C=O) groups excluding carboxylic acids is 2. The van der Waals surface area contributed by atoms with Gasteiger partial charge < -0.3 is 15.0 Å². The second-order valence-corrected chi connectivity index (χ2v) is 10.5. The van der Waals surface area contributed by atoms with E-state index < -0.39 is 23.3 Å². The van der Waals surface area contributed by atoms with Gasteiger partial charge >= 0.3 is 0 Å². The lowest BCUT2D eigenvalue weighted by Gasteiger charge is -2.33. The molecule has 3 aromatic carbocycles. The highest BCUT2D eigenvalue weighted by molar-refractivity contribution is 14.1. The van der Waals surface area contributed by atoms with Crippen LogP contribution in [0.2, 0.25) is 0 Å². The molecule has 0 saturated carbocycles. The summed E-state index contributed by atoms with van der Waals surface area (Å²) < 4.78 is 21.4. The maximum atomic E-state index is 14.6. The lowest BCUT2D eigenvalue weighted by atomic mass is 10.0. The molecule has 184 valence electrons. The Morgan fingerprint density at radius 1 is 0.971 bits per heavy atom. The number of benzene rings is 3. The van der Waals surface area contributed by atoms with Crippen molar-refractivity contribution >= 4 is 34.4 Å². The number of ether oxygens (including phenoxy) is 1. The van der Waals surface area contributed by atoms with Crippen LogP contribution in [-0.2, 0) is 22.6 Å². The number of halogens is 2. The Kier molecular flexibility index (Phi) is 9.26. The van der Waals surface area contributed by atoms with E-state index in [-0.39, 0.29) is 25.5 Å². The fourth-order valence-corrected chi connectivity index (χ4v) is 3.94. The van der Waals surface area contributed by atoms with Gasteiger partial charge in [-0.15, -0.1) is 0 Å². The number of nitrogens with zero attached hydrogens (tertiary/aromatic N) is 1. The van der Waals surface area contributed by atoms with Crippen LogP contribution in [-0.4, -0.2) is 34.9 Å². The molecule has 3 rings (SSSR count). The highest BCUT2D eigenvalue weighted by atomic mass is 127. The predicted molar refractivity (Wildman–Crippen MR) is 143 cm³/mol. The van der Waals surface area contributed by atoms with Gasteiger partial charge in [0.15, 0.2) is 6.61 Å². The van der Waals surface area contributed by atoms with E-state index in [1.54, 1.807) is 30.3 Å². The van der Waals surface area contributed by atoms with Crippen LogP contribution in [0.5, 0.6) is 5.75 Å².